The summed E-state index contributed by atoms with van der Waals surface area (Å²) in [7, 11) is 0. The molecule has 0 aromatic heterocycles. The van der Waals surface area contributed by atoms with Crippen LogP contribution in [0.3, 0.4) is 0 Å². The highest BCUT2D eigenvalue weighted by Gasteiger charge is 2.67. The molecule has 0 nitrogen and oxygen atoms in total. The molecule has 1 saturated heterocycles. The molecule has 11 heavy (non-hydrogen) atoms. The van der Waals surface area contributed by atoms with Crippen LogP contribution < -0.4 is 0 Å². The molecule has 0 spiro atoms. The van der Waals surface area contributed by atoms with Crippen LogP contribution in [0.1, 0.15) is 0 Å². The Kier molecular flexibility index (Phi) is 2.87. The Labute approximate surface area is 88.6 Å². The van der Waals surface area contributed by atoms with Crippen molar-refractivity contribution in [1.82, 2.24) is 0 Å². The zero-order chi connectivity index (χ0) is 8.91. The van der Waals surface area contributed by atoms with Crippen LogP contribution in [0.5, 0.6) is 0 Å². The fourth-order valence-corrected chi connectivity index (χ4v) is 43.9. The lowest BCUT2D eigenvalue weighted by molar-refractivity contribution is 1.40. The molecule has 0 aromatic carbocycles. The Balaban J connectivity index is 3.00. The molecule has 0 saturated carbocycles. The molecule has 0 aliphatic carbocycles. The first-order valence-electron chi connectivity index (χ1n) is 3.46. The smallest absolute Gasteiger partial charge is 0.168 e. The molecule has 0 aromatic rings. The van der Waals surface area contributed by atoms with Crippen molar-refractivity contribution in [3.8, 4) is 0 Å². The van der Waals surface area contributed by atoms with Crippen LogP contribution >= 0.6 is 44.3 Å². The zero-order valence-corrected chi connectivity index (χ0v) is 12.4. The van der Waals surface area contributed by atoms with Gasteiger partial charge >= 0.3 is 0 Å². The van der Waals surface area contributed by atoms with Gasteiger partial charge in [0.2, 0.25) is 0 Å². The predicted molar refractivity (Wildman–Crippen MR) is 62.0 cm³/mol. The van der Waals surface area contributed by atoms with Crippen LogP contribution in [0, 0.1) is 0 Å². The Morgan fingerprint density at radius 3 is 1.18 bits per heavy atom. The van der Waals surface area contributed by atoms with Crippen molar-refractivity contribution in [3.63, 3.8) is 0 Å². The number of hydrogen-bond acceptors (Lipinski definition) is 0. The minimum absolute atomic E-state index is 1.01. The van der Waals surface area contributed by atoms with E-state index in [9.17, 15) is 0 Å². The average molecular weight is 284 g/mol. The van der Waals surface area contributed by atoms with E-state index in [1.807, 2.05) is 0 Å². The molecular weight excluding hydrogens is 274 g/mol. The van der Waals surface area contributed by atoms with E-state index in [2.05, 4.69) is 13.1 Å². The van der Waals surface area contributed by atoms with E-state index in [1.165, 1.54) is 0 Å². The van der Waals surface area contributed by atoms with Crippen molar-refractivity contribution in [3.05, 3.63) is 0 Å². The highest BCUT2D eigenvalue weighted by atomic mass is 35.7. The summed E-state index contributed by atoms with van der Waals surface area (Å²) in [4.78, 5) is 0. The van der Waals surface area contributed by atoms with Crippen molar-refractivity contribution in [2.75, 3.05) is 0 Å². The molecule has 1 aliphatic rings. The first-order chi connectivity index (χ1) is 4.71. The maximum atomic E-state index is 6.33. The van der Waals surface area contributed by atoms with E-state index in [-0.39, 0.29) is 0 Å². The third-order valence-electron chi connectivity index (χ3n) is 2.37. The average Bonchev–Trinajstić information content (AvgIpc) is 1.93. The molecule has 0 bridgehead atoms. The van der Waals surface area contributed by atoms with Gasteiger partial charge in [-0.25, -0.2) is 0 Å². The first kappa shape index (κ1) is 10.9. The van der Waals surface area contributed by atoms with E-state index in [0.717, 1.165) is 12.1 Å². The Morgan fingerprint density at radius 2 is 1.09 bits per heavy atom. The van der Waals surface area contributed by atoms with Crippen molar-refractivity contribution < 1.29 is 0 Å². The number of halogens is 4. The van der Waals surface area contributed by atoms with Gasteiger partial charge in [-0.05, 0) is 12.1 Å². The molecule has 66 valence electrons. The van der Waals surface area contributed by atoms with Gasteiger partial charge in [0.15, 0.2) is 13.8 Å². The number of rotatable bonds is 0. The predicted octanol–water partition coefficient (Wildman–Crippen LogP) is 3.70. The highest BCUT2D eigenvalue weighted by Crippen LogP contribution is 2.51. The highest BCUT2D eigenvalue weighted by molar-refractivity contribution is 8.06. The minimum atomic E-state index is -2.24. The lowest BCUT2D eigenvalue weighted by Crippen LogP contribution is -2.57. The Morgan fingerprint density at radius 1 is 0.818 bits per heavy atom. The SMILES string of the molecule is C[Si]1(Cl)CC[Si](C)(Cl)[Si]1(Cl)Cl. The standard InChI is InChI=1S/C4H10Cl4Si3/c1-9(5)3-4-10(2,6)11(9,7)8/h3-4H2,1-2H3. The van der Waals surface area contributed by atoms with E-state index < -0.39 is 19.5 Å². The summed E-state index contributed by atoms with van der Waals surface area (Å²) in [6.07, 6.45) is 0. The maximum absolute atomic E-state index is 6.33. The maximum Gasteiger partial charge on any atom is 0.262 e. The largest absolute Gasteiger partial charge is 0.262 e. The Hall–Kier alpha value is 1.81. The van der Waals surface area contributed by atoms with Crippen molar-refractivity contribution in [2.24, 2.45) is 0 Å². The fraction of sp³-hybridized carbons (Fsp3) is 1.00. The minimum Gasteiger partial charge on any atom is -0.168 e. The van der Waals surface area contributed by atoms with Crippen molar-refractivity contribution in [1.29, 1.82) is 0 Å². The summed E-state index contributed by atoms with van der Waals surface area (Å²) in [5.41, 5.74) is -2.24. The van der Waals surface area contributed by atoms with Gasteiger partial charge in [0.1, 0.15) is 0 Å². The third kappa shape index (κ3) is 1.58. The van der Waals surface area contributed by atoms with Crippen LogP contribution in [0.2, 0.25) is 25.2 Å². The van der Waals surface area contributed by atoms with Gasteiger partial charge in [0, 0.05) is 0 Å². The van der Waals surface area contributed by atoms with Gasteiger partial charge in [0.25, 0.3) is 5.73 Å². The fourth-order valence-electron chi connectivity index (χ4n) is 1.33. The summed E-state index contributed by atoms with van der Waals surface area (Å²) in [6.45, 7) is 0.451. The second-order valence-corrected chi connectivity index (χ2v) is 37.7. The molecule has 1 aliphatic heterocycles. The van der Waals surface area contributed by atoms with Gasteiger partial charge in [0.05, 0.1) is 0 Å². The second kappa shape index (κ2) is 2.90. The van der Waals surface area contributed by atoms with Gasteiger partial charge in [-0.15, -0.1) is 0 Å². The molecule has 0 radical (unpaired) electrons. The monoisotopic (exact) mass is 282 g/mol. The van der Waals surface area contributed by atoms with Crippen LogP contribution in [-0.2, 0) is 0 Å². The first-order valence-corrected chi connectivity index (χ1v) is 16.9. The lowest BCUT2D eigenvalue weighted by Gasteiger charge is -2.29. The van der Waals surface area contributed by atoms with Crippen LogP contribution in [0.25, 0.3) is 0 Å². The summed E-state index contributed by atoms with van der Waals surface area (Å²) in [6, 6.07) is 2.03. The van der Waals surface area contributed by atoms with E-state index in [0.29, 0.717) is 0 Å². The van der Waals surface area contributed by atoms with Crippen molar-refractivity contribution >= 4 is 63.8 Å². The van der Waals surface area contributed by atoms with Crippen LogP contribution in [0.4, 0.5) is 0 Å². The second-order valence-electron chi connectivity index (χ2n) is 3.47. The molecule has 0 N–H and O–H groups in total. The molecule has 0 amide bonds. The van der Waals surface area contributed by atoms with E-state index in [1.54, 1.807) is 0 Å². The van der Waals surface area contributed by atoms with Gasteiger partial charge in [-0.2, -0.15) is 44.3 Å². The lowest BCUT2D eigenvalue weighted by atomic mass is 10.9. The van der Waals surface area contributed by atoms with E-state index >= 15 is 0 Å². The summed E-state index contributed by atoms with van der Waals surface area (Å²) in [5, 5.41) is 0. The summed E-state index contributed by atoms with van der Waals surface area (Å²) < 4.78 is 0. The molecular formula is C4H10Cl4Si3. The molecule has 2 atom stereocenters. The van der Waals surface area contributed by atoms with E-state index in [4.69, 9.17) is 44.3 Å². The normalized spacial score (nSPS) is 49.6. The third-order valence-corrected chi connectivity index (χ3v) is 54.7. The summed E-state index contributed by atoms with van der Waals surface area (Å²) >= 11 is 25.3. The topological polar surface area (TPSA) is 0 Å². The van der Waals surface area contributed by atoms with Crippen LogP contribution in [0.15, 0.2) is 0 Å². The van der Waals surface area contributed by atoms with Gasteiger partial charge < -0.3 is 0 Å². The molecule has 7 heteroatoms. The quantitative estimate of drug-likeness (QED) is 0.470. The molecule has 1 fully saturated rings. The Bertz CT molecular complexity index is 160. The van der Waals surface area contributed by atoms with Gasteiger partial charge in [-0.1, -0.05) is 13.1 Å². The summed E-state index contributed by atoms with van der Waals surface area (Å²) in [5.74, 6) is 0. The molecule has 1 rings (SSSR count). The van der Waals surface area contributed by atoms with Gasteiger partial charge in [-0.3, -0.25) is 0 Å². The van der Waals surface area contributed by atoms with Crippen LogP contribution in [-0.4, -0.2) is 19.5 Å². The number of hydrogen-bond donors (Lipinski definition) is 0. The van der Waals surface area contributed by atoms with Crippen molar-refractivity contribution in [2.45, 2.75) is 25.2 Å². The zero-order valence-electron chi connectivity index (χ0n) is 6.43. The molecule has 2 unspecified atom stereocenters. The molecule has 1 heterocycles.